The van der Waals surface area contributed by atoms with E-state index in [1.807, 2.05) is 23.3 Å². The van der Waals surface area contributed by atoms with E-state index in [0.717, 1.165) is 12.1 Å². The van der Waals surface area contributed by atoms with Gasteiger partial charge in [0.15, 0.2) is 0 Å². The number of imidazole rings is 1. The third-order valence-corrected chi connectivity index (χ3v) is 5.85. The van der Waals surface area contributed by atoms with Gasteiger partial charge in [-0.25, -0.2) is 14.5 Å². The maximum Gasteiger partial charge on any atom is 0.416 e. The van der Waals surface area contributed by atoms with Crippen molar-refractivity contribution in [2.24, 2.45) is 0 Å². The second kappa shape index (κ2) is 7.67. The third-order valence-electron chi connectivity index (χ3n) is 5.49. The number of halogens is 5. The maximum absolute atomic E-state index is 13.4. The first-order valence-electron chi connectivity index (χ1n) is 9.49. The van der Waals surface area contributed by atoms with E-state index in [0.29, 0.717) is 29.8 Å². The number of anilines is 1. The normalized spacial score (nSPS) is 18.9. The fourth-order valence-corrected chi connectivity index (χ4v) is 4.32. The molecule has 0 aliphatic carbocycles. The highest BCUT2D eigenvalue weighted by molar-refractivity contribution is 6.33. The van der Waals surface area contributed by atoms with E-state index in [2.05, 4.69) is 15.2 Å². The molecule has 0 spiro atoms. The monoisotopic (exact) mass is 455 g/mol. The Kier molecular flexibility index (Phi) is 5.28. The fraction of sp³-hybridized carbons (Fsp3) is 0.350. The van der Waals surface area contributed by atoms with Gasteiger partial charge in [0, 0.05) is 30.9 Å². The maximum atomic E-state index is 13.4. The van der Waals surface area contributed by atoms with Crippen molar-refractivity contribution in [1.29, 1.82) is 0 Å². The summed E-state index contributed by atoms with van der Waals surface area (Å²) in [4.78, 5) is 18.2. The van der Waals surface area contributed by atoms with Crippen molar-refractivity contribution in [3.63, 3.8) is 0 Å². The second-order valence-corrected chi connectivity index (χ2v) is 7.90. The second-order valence-electron chi connectivity index (χ2n) is 7.52. The van der Waals surface area contributed by atoms with Crippen LogP contribution in [-0.4, -0.2) is 25.8 Å². The van der Waals surface area contributed by atoms with Crippen LogP contribution in [0.1, 0.15) is 42.5 Å². The van der Waals surface area contributed by atoms with Gasteiger partial charge in [-0.1, -0.05) is 17.7 Å². The van der Waals surface area contributed by atoms with Crippen LogP contribution in [0.15, 0.2) is 35.4 Å². The molecule has 6 nitrogen and oxygen atoms in total. The Hall–Kier alpha value is -2.88. The van der Waals surface area contributed by atoms with E-state index in [4.69, 9.17) is 11.6 Å². The van der Waals surface area contributed by atoms with Gasteiger partial charge < -0.3 is 9.47 Å². The van der Waals surface area contributed by atoms with Gasteiger partial charge in [0.1, 0.15) is 16.7 Å². The molecule has 2 atom stereocenters. The predicted molar refractivity (Wildman–Crippen MR) is 107 cm³/mol. The van der Waals surface area contributed by atoms with Crippen molar-refractivity contribution in [1.82, 2.24) is 19.7 Å². The molecule has 0 bridgehead atoms. The van der Waals surface area contributed by atoms with Gasteiger partial charge >= 0.3 is 6.18 Å². The van der Waals surface area contributed by atoms with E-state index in [1.165, 1.54) is 12.4 Å². The van der Waals surface area contributed by atoms with Gasteiger partial charge in [-0.15, -0.1) is 0 Å². The van der Waals surface area contributed by atoms with Crippen molar-refractivity contribution in [2.75, 3.05) is 4.90 Å². The lowest BCUT2D eigenvalue weighted by molar-refractivity contribution is -0.138. The summed E-state index contributed by atoms with van der Waals surface area (Å²) in [5.74, 6) is -0.312. The number of H-pyrrole nitrogens is 1. The molecular formula is C20H18ClF4N5O. The van der Waals surface area contributed by atoms with Gasteiger partial charge in [-0.05, 0) is 31.5 Å². The Morgan fingerprint density at radius 3 is 2.71 bits per heavy atom. The molecule has 11 heteroatoms. The summed E-state index contributed by atoms with van der Waals surface area (Å²) < 4.78 is 55.5. The number of hydrogen-bond acceptors (Lipinski definition) is 4. The summed E-state index contributed by atoms with van der Waals surface area (Å²) in [5.41, 5.74) is -0.493. The summed E-state index contributed by atoms with van der Waals surface area (Å²) in [6.07, 6.45) is -1.72. The molecule has 3 heterocycles. The molecule has 0 amide bonds. The van der Waals surface area contributed by atoms with Gasteiger partial charge in [-0.2, -0.15) is 18.3 Å². The highest BCUT2D eigenvalue weighted by Crippen LogP contribution is 2.37. The largest absolute Gasteiger partial charge is 0.416 e. The zero-order chi connectivity index (χ0) is 22.5. The van der Waals surface area contributed by atoms with Gasteiger partial charge in [0.25, 0.3) is 5.56 Å². The molecule has 164 valence electrons. The van der Waals surface area contributed by atoms with Crippen molar-refractivity contribution in [3.8, 4) is 0 Å². The van der Waals surface area contributed by atoms with Gasteiger partial charge in [0.05, 0.1) is 23.5 Å². The summed E-state index contributed by atoms with van der Waals surface area (Å²) in [6, 6.07) is 2.23. The van der Waals surface area contributed by atoms with Crippen molar-refractivity contribution in [2.45, 2.75) is 45.1 Å². The first kappa shape index (κ1) is 21.4. The molecule has 1 aliphatic heterocycles. The minimum absolute atomic E-state index is 0.00932. The Morgan fingerprint density at radius 1 is 1.26 bits per heavy atom. The highest BCUT2D eigenvalue weighted by Gasteiger charge is 2.36. The molecule has 1 aromatic carbocycles. The fourth-order valence-electron chi connectivity index (χ4n) is 4.13. The van der Waals surface area contributed by atoms with Gasteiger partial charge in [0.2, 0.25) is 0 Å². The summed E-state index contributed by atoms with van der Waals surface area (Å²) >= 11 is 6.18. The van der Waals surface area contributed by atoms with Crippen LogP contribution in [0.5, 0.6) is 0 Å². The molecule has 3 aromatic rings. The molecular weight excluding hydrogens is 438 g/mol. The lowest BCUT2D eigenvalue weighted by Gasteiger charge is -2.41. The number of rotatable bonds is 3. The Bertz CT molecular complexity index is 1190. The van der Waals surface area contributed by atoms with Crippen LogP contribution in [0.25, 0.3) is 0 Å². The average Bonchev–Trinajstić information content (AvgIpc) is 3.08. The predicted octanol–water partition coefficient (Wildman–Crippen LogP) is 4.34. The van der Waals surface area contributed by atoms with Crippen LogP contribution in [0.3, 0.4) is 0 Å². The average molecular weight is 456 g/mol. The molecule has 2 aromatic heterocycles. The number of fused-ring (bicyclic) bond motifs is 1. The van der Waals surface area contributed by atoms with Crippen LogP contribution in [0.4, 0.5) is 23.2 Å². The van der Waals surface area contributed by atoms with Crippen LogP contribution >= 0.6 is 11.6 Å². The number of aromatic nitrogens is 4. The number of hydrogen-bond donors (Lipinski definition) is 1. The SMILES string of the molecule is CC1c2ncc(Cc3ccc(F)cc3C(F)(F)F)n2C[C@@H](C)N1c1cn[nH]c(=O)c1Cl. The van der Waals surface area contributed by atoms with E-state index in [9.17, 15) is 22.4 Å². The molecule has 1 aliphatic rings. The van der Waals surface area contributed by atoms with E-state index < -0.39 is 23.1 Å². The van der Waals surface area contributed by atoms with Crippen LogP contribution in [-0.2, 0) is 19.1 Å². The lowest BCUT2D eigenvalue weighted by atomic mass is 10.0. The standard InChI is InChI=1S/C20H18ClF4N5O/c1-10-9-29-14(5-12-3-4-13(22)6-15(12)20(23,24)25)7-26-18(29)11(2)30(10)16-8-27-28-19(31)17(16)21/h3-4,6-8,10-11H,5,9H2,1-2H3,(H,28,31)/t10-,11?/m1/s1. The Balaban J connectivity index is 1.71. The molecule has 31 heavy (non-hydrogen) atoms. The van der Waals surface area contributed by atoms with Crippen molar-refractivity contribution in [3.05, 3.63) is 74.4 Å². The summed E-state index contributed by atoms with van der Waals surface area (Å²) in [6.45, 7) is 4.20. The highest BCUT2D eigenvalue weighted by atomic mass is 35.5. The molecule has 0 radical (unpaired) electrons. The first-order valence-corrected chi connectivity index (χ1v) is 9.87. The zero-order valence-electron chi connectivity index (χ0n) is 16.5. The third kappa shape index (κ3) is 3.80. The quantitative estimate of drug-likeness (QED) is 0.597. The molecule has 4 rings (SSSR count). The lowest BCUT2D eigenvalue weighted by Crippen LogP contribution is -2.45. The van der Waals surface area contributed by atoms with E-state index in [1.54, 1.807) is 0 Å². The van der Waals surface area contributed by atoms with Crippen molar-refractivity contribution >= 4 is 17.3 Å². The van der Waals surface area contributed by atoms with Gasteiger partial charge in [-0.3, -0.25) is 4.79 Å². The van der Waals surface area contributed by atoms with E-state index in [-0.39, 0.29) is 29.1 Å². The van der Waals surface area contributed by atoms with E-state index >= 15 is 0 Å². The molecule has 1 unspecified atom stereocenters. The summed E-state index contributed by atoms with van der Waals surface area (Å²) in [7, 11) is 0. The van der Waals surface area contributed by atoms with Crippen LogP contribution < -0.4 is 10.5 Å². The minimum atomic E-state index is -4.66. The Labute approximate surface area is 179 Å². The zero-order valence-corrected chi connectivity index (χ0v) is 17.3. The topological polar surface area (TPSA) is 66.8 Å². The number of aromatic amines is 1. The molecule has 1 N–H and O–H groups in total. The molecule has 0 fully saturated rings. The Morgan fingerprint density at radius 2 is 2.00 bits per heavy atom. The van der Waals surface area contributed by atoms with Crippen molar-refractivity contribution < 1.29 is 17.6 Å². The smallest absolute Gasteiger partial charge is 0.354 e. The summed E-state index contributed by atoms with van der Waals surface area (Å²) in [5, 5.41) is 6.10. The number of nitrogens with one attached hydrogen (secondary N) is 1. The number of benzene rings is 1. The number of alkyl halides is 3. The molecule has 0 saturated heterocycles. The van der Waals surface area contributed by atoms with Crippen LogP contribution in [0, 0.1) is 5.82 Å². The van der Waals surface area contributed by atoms with Crippen LogP contribution in [0.2, 0.25) is 5.02 Å². The minimum Gasteiger partial charge on any atom is -0.354 e. The first-order chi connectivity index (χ1) is 14.6. The number of nitrogens with zero attached hydrogens (tertiary/aromatic N) is 4. The molecule has 0 saturated carbocycles.